The van der Waals surface area contributed by atoms with Crippen molar-refractivity contribution in [3.05, 3.63) is 71.0 Å². The first kappa shape index (κ1) is 12.1. The summed E-state index contributed by atoms with van der Waals surface area (Å²) in [5.41, 5.74) is 3.53. The van der Waals surface area contributed by atoms with Crippen LogP contribution in [0.4, 0.5) is 4.39 Å². The first-order valence-electron chi connectivity index (χ1n) is 7.43. The number of halogens is 1. The van der Waals surface area contributed by atoms with Crippen molar-refractivity contribution in [1.82, 2.24) is 5.32 Å². The molecule has 2 aromatic carbocycles. The third-order valence-corrected chi connectivity index (χ3v) is 4.84. The molecule has 20 heavy (non-hydrogen) atoms. The minimum Gasteiger partial charge on any atom is -0.310 e. The summed E-state index contributed by atoms with van der Waals surface area (Å²) in [7, 11) is 0. The van der Waals surface area contributed by atoms with Crippen LogP contribution < -0.4 is 5.32 Å². The second-order valence-corrected chi connectivity index (χ2v) is 5.87. The van der Waals surface area contributed by atoms with Gasteiger partial charge in [-0.25, -0.2) is 4.39 Å². The van der Waals surface area contributed by atoms with Crippen LogP contribution in [-0.4, -0.2) is 6.54 Å². The molecule has 0 spiro atoms. The zero-order valence-corrected chi connectivity index (χ0v) is 11.4. The van der Waals surface area contributed by atoms with Gasteiger partial charge in [0, 0.05) is 12.0 Å². The van der Waals surface area contributed by atoms with E-state index in [9.17, 15) is 4.39 Å². The third-order valence-electron chi connectivity index (χ3n) is 4.84. The van der Waals surface area contributed by atoms with Gasteiger partial charge < -0.3 is 5.32 Å². The zero-order valence-electron chi connectivity index (χ0n) is 11.4. The van der Waals surface area contributed by atoms with Crippen LogP contribution in [0.5, 0.6) is 0 Å². The Balaban J connectivity index is 1.88. The second kappa shape index (κ2) is 4.71. The van der Waals surface area contributed by atoms with Gasteiger partial charge in [0.25, 0.3) is 0 Å². The standard InChI is InChI=1S/C18H18FN/c19-16-10-4-3-8-14(16)17-12-6-1-2-7-13(12)18-15(17)9-5-11-20-18/h1-4,6-8,10,15,17-18,20H,5,9,11H2. The fourth-order valence-electron chi connectivity index (χ4n) is 4.05. The summed E-state index contributed by atoms with van der Waals surface area (Å²) in [6.45, 7) is 1.07. The van der Waals surface area contributed by atoms with Gasteiger partial charge in [-0.15, -0.1) is 0 Å². The van der Waals surface area contributed by atoms with Gasteiger partial charge in [-0.3, -0.25) is 0 Å². The minimum absolute atomic E-state index is 0.0708. The SMILES string of the molecule is Fc1ccccc1C1c2ccccc2C2NCCCC21. The summed E-state index contributed by atoms with van der Waals surface area (Å²) in [6.07, 6.45) is 2.35. The van der Waals surface area contributed by atoms with Gasteiger partial charge in [0.05, 0.1) is 0 Å². The van der Waals surface area contributed by atoms with E-state index in [1.54, 1.807) is 12.1 Å². The van der Waals surface area contributed by atoms with E-state index in [0.717, 1.165) is 12.1 Å². The lowest BCUT2D eigenvalue weighted by Gasteiger charge is -2.31. The maximum atomic E-state index is 14.3. The molecule has 0 saturated carbocycles. The molecule has 0 bridgehead atoms. The van der Waals surface area contributed by atoms with Gasteiger partial charge in [-0.1, -0.05) is 42.5 Å². The van der Waals surface area contributed by atoms with Gasteiger partial charge >= 0.3 is 0 Å². The summed E-state index contributed by atoms with van der Waals surface area (Å²) >= 11 is 0. The van der Waals surface area contributed by atoms with Crippen molar-refractivity contribution < 1.29 is 4.39 Å². The molecular weight excluding hydrogens is 249 g/mol. The van der Waals surface area contributed by atoms with Gasteiger partial charge in [-0.05, 0) is 48.1 Å². The highest BCUT2D eigenvalue weighted by molar-refractivity contribution is 5.46. The van der Waals surface area contributed by atoms with Crippen molar-refractivity contribution in [3.8, 4) is 0 Å². The van der Waals surface area contributed by atoms with Crippen molar-refractivity contribution in [1.29, 1.82) is 0 Å². The number of benzene rings is 2. The quantitative estimate of drug-likeness (QED) is 0.823. The number of rotatable bonds is 1. The van der Waals surface area contributed by atoms with Crippen LogP contribution in [0.15, 0.2) is 48.5 Å². The van der Waals surface area contributed by atoms with E-state index in [4.69, 9.17) is 0 Å². The predicted molar refractivity (Wildman–Crippen MR) is 78.2 cm³/mol. The fourth-order valence-corrected chi connectivity index (χ4v) is 4.05. The van der Waals surface area contributed by atoms with E-state index >= 15 is 0 Å². The number of nitrogens with one attached hydrogen (secondary N) is 1. The van der Waals surface area contributed by atoms with Crippen molar-refractivity contribution in [3.63, 3.8) is 0 Å². The number of hydrogen-bond acceptors (Lipinski definition) is 1. The van der Waals surface area contributed by atoms with Crippen molar-refractivity contribution in [2.24, 2.45) is 5.92 Å². The highest BCUT2D eigenvalue weighted by atomic mass is 19.1. The highest BCUT2D eigenvalue weighted by Gasteiger charge is 2.42. The summed E-state index contributed by atoms with van der Waals surface area (Å²) in [5.74, 6) is 0.613. The van der Waals surface area contributed by atoms with Crippen LogP contribution in [0.25, 0.3) is 0 Å². The summed E-state index contributed by atoms with van der Waals surface area (Å²) in [6, 6.07) is 16.2. The topological polar surface area (TPSA) is 12.0 Å². The first-order valence-corrected chi connectivity index (χ1v) is 7.43. The summed E-state index contributed by atoms with van der Waals surface area (Å²) in [5, 5.41) is 3.63. The summed E-state index contributed by atoms with van der Waals surface area (Å²) < 4.78 is 14.3. The molecule has 1 aliphatic carbocycles. The smallest absolute Gasteiger partial charge is 0.127 e. The van der Waals surface area contributed by atoms with E-state index < -0.39 is 0 Å². The second-order valence-electron chi connectivity index (χ2n) is 5.87. The summed E-state index contributed by atoms with van der Waals surface area (Å²) in [4.78, 5) is 0. The first-order chi connectivity index (χ1) is 9.86. The lowest BCUT2D eigenvalue weighted by molar-refractivity contribution is 0.284. The van der Waals surface area contributed by atoms with Crippen LogP contribution in [0.3, 0.4) is 0 Å². The van der Waals surface area contributed by atoms with E-state index in [0.29, 0.717) is 12.0 Å². The molecule has 1 N–H and O–H groups in total. The molecule has 3 atom stereocenters. The Kier molecular flexibility index (Phi) is 2.85. The van der Waals surface area contributed by atoms with Gasteiger partial charge in [0.2, 0.25) is 0 Å². The molecule has 2 heteroatoms. The molecule has 0 aromatic heterocycles. The van der Waals surface area contributed by atoms with E-state index in [-0.39, 0.29) is 11.7 Å². The monoisotopic (exact) mass is 267 g/mol. The molecule has 0 radical (unpaired) electrons. The Labute approximate surface area is 118 Å². The molecule has 3 unspecified atom stereocenters. The van der Waals surface area contributed by atoms with Crippen molar-refractivity contribution in [2.45, 2.75) is 24.8 Å². The molecule has 0 amide bonds. The van der Waals surface area contributed by atoms with Crippen molar-refractivity contribution in [2.75, 3.05) is 6.54 Å². The molecule has 1 aliphatic heterocycles. The van der Waals surface area contributed by atoms with Gasteiger partial charge in [0.1, 0.15) is 5.82 Å². The molecule has 1 saturated heterocycles. The number of fused-ring (bicyclic) bond motifs is 3. The molecule has 1 fully saturated rings. The minimum atomic E-state index is -0.0708. The van der Waals surface area contributed by atoms with Gasteiger partial charge in [0.15, 0.2) is 0 Å². The van der Waals surface area contributed by atoms with Crippen LogP contribution in [-0.2, 0) is 0 Å². The van der Waals surface area contributed by atoms with E-state index in [2.05, 4.69) is 29.6 Å². The van der Waals surface area contributed by atoms with Crippen LogP contribution in [0.1, 0.15) is 41.5 Å². The average molecular weight is 267 g/mol. The number of piperidine rings is 1. The zero-order chi connectivity index (χ0) is 13.5. The molecule has 102 valence electrons. The van der Waals surface area contributed by atoms with Gasteiger partial charge in [-0.2, -0.15) is 0 Å². The van der Waals surface area contributed by atoms with Crippen molar-refractivity contribution >= 4 is 0 Å². The Bertz CT molecular complexity index is 637. The molecule has 2 aromatic rings. The fraction of sp³-hybridized carbons (Fsp3) is 0.333. The molecule has 2 aliphatic rings. The lowest BCUT2D eigenvalue weighted by atomic mass is 9.80. The molecule has 4 rings (SSSR count). The average Bonchev–Trinajstić information content (AvgIpc) is 2.83. The van der Waals surface area contributed by atoms with E-state index in [1.165, 1.54) is 24.0 Å². The Morgan fingerprint density at radius 3 is 2.40 bits per heavy atom. The van der Waals surface area contributed by atoms with E-state index in [1.807, 2.05) is 12.1 Å². The molecule has 1 heterocycles. The van der Waals surface area contributed by atoms with Crippen LogP contribution in [0.2, 0.25) is 0 Å². The number of hydrogen-bond donors (Lipinski definition) is 1. The maximum absolute atomic E-state index is 14.3. The van der Waals surface area contributed by atoms with Crippen LogP contribution in [0, 0.1) is 11.7 Å². The van der Waals surface area contributed by atoms with Crippen LogP contribution >= 0.6 is 0 Å². The normalized spacial score (nSPS) is 27.9. The Morgan fingerprint density at radius 1 is 0.900 bits per heavy atom. The Hall–Kier alpha value is -1.67. The predicted octanol–water partition coefficient (Wildman–Crippen LogP) is 4.01. The third kappa shape index (κ3) is 1.71. The molecular formula is C18H18FN. The Morgan fingerprint density at radius 2 is 1.60 bits per heavy atom. The highest BCUT2D eigenvalue weighted by Crippen LogP contribution is 2.51. The lowest BCUT2D eigenvalue weighted by Crippen LogP contribution is -2.33. The molecule has 1 nitrogen and oxygen atoms in total. The largest absolute Gasteiger partial charge is 0.310 e. The maximum Gasteiger partial charge on any atom is 0.127 e.